The van der Waals surface area contributed by atoms with E-state index >= 15 is 0 Å². The summed E-state index contributed by atoms with van der Waals surface area (Å²) in [5.41, 5.74) is -0.970. The third-order valence-corrected chi connectivity index (χ3v) is 5.31. The highest BCUT2D eigenvalue weighted by atomic mass is 35.5. The van der Waals surface area contributed by atoms with Crippen LogP contribution in [-0.2, 0) is 24.1 Å². The normalized spacial score (nSPS) is 13.1. The molecular weight excluding hydrogens is 469 g/mol. The van der Waals surface area contributed by atoms with Gasteiger partial charge < -0.3 is 5.32 Å². The van der Waals surface area contributed by atoms with Gasteiger partial charge in [-0.15, -0.1) is 5.10 Å². The van der Waals surface area contributed by atoms with Crippen molar-refractivity contribution >= 4 is 17.5 Å². The molecule has 182 valence electrons. The zero-order valence-corrected chi connectivity index (χ0v) is 20.0. The molecule has 1 N–H and O–H groups in total. The third-order valence-electron chi connectivity index (χ3n) is 5.06. The summed E-state index contributed by atoms with van der Waals surface area (Å²) in [6.07, 6.45) is -4.55. The van der Waals surface area contributed by atoms with Crippen LogP contribution in [0.15, 0.2) is 53.3 Å². The first-order valence-electron chi connectivity index (χ1n) is 10.7. The van der Waals surface area contributed by atoms with Crippen LogP contribution in [0.5, 0.6) is 0 Å². The third kappa shape index (κ3) is 6.08. The minimum absolute atomic E-state index is 0.0594. The molecule has 0 saturated heterocycles. The molecule has 3 rings (SSSR count). The summed E-state index contributed by atoms with van der Waals surface area (Å²) < 4.78 is 42.5. The largest absolute Gasteiger partial charge is 0.416 e. The molecule has 0 bridgehead atoms. The Labute approximate surface area is 200 Å². The number of hydrogen-bond donors (Lipinski definition) is 1. The van der Waals surface area contributed by atoms with Crippen molar-refractivity contribution in [2.75, 3.05) is 0 Å². The molecule has 1 atom stereocenters. The number of rotatable bonds is 6. The number of aromatic nitrogens is 3. The van der Waals surface area contributed by atoms with Crippen LogP contribution in [-0.4, -0.2) is 20.3 Å². The van der Waals surface area contributed by atoms with Gasteiger partial charge in [0.1, 0.15) is 6.54 Å². The lowest BCUT2D eigenvalue weighted by Crippen LogP contribution is -2.36. The van der Waals surface area contributed by atoms with Crippen molar-refractivity contribution in [3.8, 4) is 11.4 Å². The van der Waals surface area contributed by atoms with E-state index in [4.69, 9.17) is 11.6 Å². The van der Waals surface area contributed by atoms with Gasteiger partial charge in [0.25, 0.3) is 0 Å². The Hall–Kier alpha value is -3.07. The molecule has 0 aliphatic heterocycles. The standard InChI is InChI=1S/C24H26ClF3N4O2/c1-15(18-7-5-6-8-19(18)24(26,27)28)29-20(33)13-32-22(34)31(14-23(2,3)4)21(30-32)16-9-11-17(25)12-10-16/h5-12,15H,13-14H2,1-4H3,(H,29,33)/t15-/m0/s1. The van der Waals surface area contributed by atoms with Gasteiger partial charge in [0.15, 0.2) is 5.82 Å². The molecule has 0 aliphatic rings. The number of halogens is 4. The second-order valence-electron chi connectivity index (χ2n) is 9.29. The van der Waals surface area contributed by atoms with E-state index in [-0.39, 0.29) is 11.0 Å². The first-order valence-corrected chi connectivity index (χ1v) is 11.0. The van der Waals surface area contributed by atoms with Crippen molar-refractivity contribution in [3.63, 3.8) is 0 Å². The van der Waals surface area contributed by atoms with E-state index < -0.39 is 35.9 Å². The molecule has 0 spiro atoms. The number of amides is 1. The lowest BCUT2D eigenvalue weighted by Gasteiger charge is -2.19. The molecule has 0 aliphatic carbocycles. The fraction of sp³-hybridized carbons (Fsp3) is 0.375. The summed E-state index contributed by atoms with van der Waals surface area (Å²) in [5.74, 6) is -0.255. The van der Waals surface area contributed by atoms with E-state index in [0.29, 0.717) is 23.0 Å². The van der Waals surface area contributed by atoms with Crippen molar-refractivity contribution in [2.45, 2.75) is 53.0 Å². The van der Waals surface area contributed by atoms with Crippen LogP contribution in [0.2, 0.25) is 5.02 Å². The first kappa shape index (κ1) is 25.6. The highest BCUT2D eigenvalue weighted by molar-refractivity contribution is 6.30. The molecule has 0 fully saturated rings. The maximum absolute atomic E-state index is 13.3. The Bertz CT molecular complexity index is 1220. The minimum Gasteiger partial charge on any atom is -0.348 e. The van der Waals surface area contributed by atoms with Crippen LogP contribution < -0.4 is 11.0 Å². The summed E-state index contributed by atoms with van der Waals surface area (Å²) in [4.78, 5) is 25.8. The maximum atomic E-state index is 13.3. The first-order chi connectivity index (χ1) is 15.8. The van der Waals surface area contributed by atoms with Crippen molar-refractivity contribution in [3.05, 3.63) is 75.2 Å². The highest BCUT2D eigenvalue weighted by Crippen LogP contribution is 2.34. The monoisotopic (exact) mass is 494 g/mol. The number of carbonyl (C=O) groups excluding carboxylic acids is 1. The molecule has 1 heterocycles. The van der Waals surface area contributed by atoms with E-state index in [2.05, 4.69) is 10.4 Å². The average Bonchev–Trinajstić information content (AvgIpc) is 3.02. The van der Waals surface area contributed by atoms with Crippen LogP contribution in [0, 0.1) is 5.41 Å². The summed E-state index contributed by atoms with van der Waals surface area (Å²) in [7, 11) is 0. The van der Waals surface area contributed by atoms with Crippen LogP contribution in [0.25, 0.3) is 11.4 Å². The Balaban J connectivity index is 1.88. The molecule has 0 saturated carbocycles. The lowest BCUT2D eigenvalue weighted by atomic mass is 9.97. The Morgan fingerprint density at radius 1 is 1.09 bits per heavy atom. The topological polar surface area (TPSA) is 68.9 Å². The van der Waals surface area contributed by atoms with Crippen LogP contribution in [0.4, 0.5) is 13.2 Å². The Morgan fingerprint density at radius 3 is 2.29 bits per heavy atom. The zero-order valence-electron chi connectivity index (χ0n) is 19.3. The maximum Gasteiger partial charge on any atom is 0.416 e. The molecule has 1 amide bonds. The number of hydrogen-bond acceptors (Lipinski definition) is 3. The van der Waals surface area contributed by atoms with E-state index in [1.54, 1.807) is 24.3 Å². The van der Waals surface area contributed by atoms with E-state index in [1.807, 2.05) is 20.8 Å². The molecule has 34 heavy (non-hydrogen) atoms. The number of nitrogens with zero attached hydrogens (tertiary/aromatic N) is 3. The van der Waals surface area contributed by atoms with Gasteiger partial charge in [-0.25, -0.2) is 9.48 Å². The summed E-state index contributed by atoms with van der Waals surface area (Å²) >= 11 is 5.97. The number of nitrogens with one attached hydrogen (secondary N) is 1. The van der Waals surface area contributed by atoms with Gasteiger partial charge in [0.05, 0.1) is 11.6 Å². The van der Waals surface area contributed by atoms with E-state index in [1.165, 1.54) is 29.7 Å². The van der Waals surface area contributed by atoms with Crippen LogP contribution in [0.1, 0.15) is 44.9 Å². The minimum atomic E-state index is -4.55. The van der Waals surface area contributed by atoms with Gasteiger partial charge in [0, 0.05) is 17.1 Å². The summed E-state index contributed by atoms with van der Waals surface area (Å²) in [6, 6.07) is 10.9. The van der Waals surface area contributed by atoms with Crippen molar-refractivity contribution in [1.82, 2.24) is 19.7 Å². The average molecular weight is 495 g/mol. The SMILES string of the molecule is C[C@H](NC(=O)Cn1nc(-c2ccc(Cl)cc2)n(CC(C)(C)C)c1=O)c1ccccc1C(F)(F)F. The van der Waals surface area contributed by atoms with Gasteiger partial charge in [-0.3, -0.25) is 9.36 Å². The predicted molar refractivity (Wildman–Crippen MR) is 124 cm³/mol. The molecule has 0 radical (unpaired) electrons. The summed E-state index contributed by atoms with van der Waals surface area (Å²) in [5, 5.41) is 7.43. The Kier molecular flexibility index (Phi) is 7.26. The van der Waals surface area contributed by atoms with Crippen molar-refractivity contribution in [1.29, 1.82) is 0 Å². The van der Waals surface area contributed by atoms with Gasteiger partial charge in [0.2, 0.25) is 5.91 Å². The summed E-state index contributed by atoms with van der Waals surface area (Å²) in [6.45, 7) is 7.27. The highest BCUT2D eigenvalue weighted by Gasteiger charge is 2.34. The number of benzene rings is 2. The van der Waals surface area contributed by atoms with Crippen LogP contribution in [0.3, 0.4) is 0 Å². The second-order valence-corrected chi connectivity index (χ2v) is 9.73. The van der Waals surface area contributed by atoms with Gasteiger partial charge in [-0.2, -0.15) is 13.2 Å². The smallest absolute Gasteiger partial charge is 0.348 e. The second kappa shape index (κ2) is 9.66. The number of carbonyl (C=O) groups is 1. The fourth-order valence-corrected chi connectivity index (χ4v) is 3.73. The fourth-order valence-electron chi connectivity index (χ4n) is 3.61. The van der Waals surface area contributed by atoms with Gasteiger partial charge in [-0.05, 0) is 48.2 Å². The molecular formula is C24H26ClF3N4O2. The molecule has 10 heteroatoms. The zero-order chi connectivity index (χ0) is 25.3. The van der Waals surface area contributed by atoms with Crippen molar-refractivity contribution < 1.29 is 18.0 Å². The van der Waals surface area contributed by atoms with E-state index in [0.717, 1.165) is 10.7 Å². The number of alkyl halides is 3. The Morgan fingerprint density at radius 2 is 1.71 bits per heavy atom. The molecule has 0 unspecified atom stereocenters. The van der Waals surface area contributed by atoms with Crippen molar-refractivity contribution in [2.24, 2.45) is 5.41 Å². The van der Waals surface area contributed by atoms with Gasteiger partial charge in [-0.1, -0.05) is 50.6 Å². The van der Waals surface area contributed by atoms with Crippen LogP contribution >= 0.6 is 11.6 Å². The molecule has 1 aromatic heterocycles. The predicted octanol–water partition coefficient (Wildman–Crippen LogP) is 5.31. The van der Waals surface area contributed by atoms with E-state index in [9.17, 15) is 22.8 Å². The molecule has 3 aromatic rings. The lowest BCUT2D eigenvalue weighted by molar-refractivity contribution is -0.138. The quantitative estimate of drug-likeness (QED) is 0.505. The molecule has 2 aromatic carbocycles. The molecule has 6 nitrogen and oxygen atoms in total. The van der Waals surface area contributed by atoms with Gasteiger partial charge >= 0.3 is 11.9 Å².